The second-order valence-electron chi connectivity index (χ2n) is 3.84. The van der Waals surface area contributed by atoms with Gasteiger partial charge < -0.3 is 0 Å². The molecule has 1 heterocycles. The summed E-state index contributed by atoms with van der Waals surface area (Å²) in [5, 5.41) is 0.886. The summed E-state index contributed by atoms with van der Waals surface area (Å²) in [7, 11) is -4.21. The van der Waals surface area contributed by atoms with Gasteiger partial charge in [-0.15, -0.1) is 0 Å². The van der Waals surface area contributed by atoms with Crippen LogP contribution in [0.1, 0.15) is 0 Å². The van der Waals surface area contributed by atoms with Crippen molar-refractivity contribution >= 4 is 20.8 Å². The minimum Gasteiger partial charge on any atom is -0.277 e. The number of pyridine rings is 1. The van der Waals surface area contributed by atoms with Crippen molar-refractivity contribution in [1.82, 2.24) is 9.87 Å². The lowest BCUT2D eigenvalue weighted by Crippen LogP contribution is -2.29. The molecule has 1 aromatic carbocycles. The van der Waals surface area contributed by atoms with Crippen molar-refractivity contribution < 1.29 is 26.4 Å². The highest BCUT2D eigenvalue weighted by atomic mass is 32.2. The zero-order valence-corrected chi connectivity index (χ0v) is 10.7. The van der Waals surface area contributed by atoms with Gasteiger partial charge in [0.05, 0.1) is 4.90 Å². The second kappa shape index (κ2) is 5.35. The summed E-state index contributed by atoms with van der Waals surface area (Å²) in [4.78, 5) is 9.10. The maximum atomic E-state index is 11.9. The SMILES string of the molecule is O=S(=O)(NOCC(F)(F)F)c1cccc2cnccc12. The third kappa shape index (κ3) is 3.44. The summed E-state index contributed by atoms with van der Waals surface area (Å²) in [5.74, 6) is 0. The van der Waals surface area contributed by atoms with Crippen LogP contribution in [-0.2, 0) is 14.9 Å². The van der Waals surface area contributed by atoms with Crippen LogP contribution in [0.4, 0.5) is 13.2 Å². The van der Waals surface area contributed by atoms with E-state index in [0.29, 0.717) is 10.8 Å². The van der Waals surface area contributed by atoms with Crippen LogP contribution in [0.25, 0.3) is 10.8 Å². The van der Waals surface area contributed by atoms with Crippen LogP contribution in [-0.4, -0.2) is 26.2 Å². The summed E-state index contributed by atoms with van der Waals surface area (Å²) in [5.41, 5.74) is 0. The fraction of sp³-hybridized carbons (Fsp3) is 0.182. The van der Waals surface area contributed by atoms with Crippen LogP contribution in [0.2, 0.25) is 0 Å². The number of alkyl halides is 3. The number of halogens is 3. The number of nitrogens with one attached hydrogen (secondary N) is 1. The van der Waals surface area contributed by atoms with Gasteiger partial charge >= 0.3 is 6.18 Å². The lowest BCUT2D eigenvalue weighted by Gasteiger charge is -2.10. The summed E-state index contributed by atoms with van der Waals surface area (Å²) >= 11 is 0. The van der Waals surface area contributed by atoms with Crippen molar-refractivity contribution in [3.05, 3.63) is 36.7 Å². The molecule has 0 amide bonds. The first kappa shape index (κ1) is 14.7. The van der Waals surface area contributed by atoms with Gasteiger partial charge in [-0.1, -0.05) is 17.0 Å². The Hall–Kier alpha value is -1.71. The summed E-state index contributed by atoms with van der Waals surface area (Å²) in [6.07, 6.45) is -1.78. The molecular formula is C11H9F3N2O3S. The highest BCUT2D eigenvalue weighted by Gasteiger charge is 2.29. The molecule has 0 bridgehead atoms. The normalized spacial score (nSPS) is 12.8. The fourth-order valence-electron chi connectivity index (χ4n) is 1.56. The molecule has 20 heavy (non-hydrogen) atoms. The van der Waals surface area contributed by atoms with Crippen LogP contribution in [0, 0.1) is 0 Å². The Morgan fingerprint density at radius 3 is 2.70 bits per heavy atom. The Morgan fingerprint density at radius 1 is 1.25 bits per heavy atom. The van der Waals surface area contributed by atoms with E-state index < -0.39 is 22.8 Å². The molecule has 0 radical (unpaired) electrons. The van der Waals surface area contributed by atoms with E-state index in [-0.39, 0.29) is 4.90 Å². The molecule has 1 aromatic heterocycles. The minimum atomic E-state index is -4.62. The van der Waals surface area contributed by atoms with E-state index in [0.717, 1.165) is 0 Å². The van der Waals surface area contributed by atoms with Crippen molar-refractivity contribution in [3.8, 4) is 0 Å². The van der Waals surface area contributed by atoms with E-state index in [9.17, 15) is 21.6 Å². The van der Waals surface area contributed by atoms with E-state index in [1.54, 1.807) is 6.07 Å². The number of sulfonamides is 1. The average Bonchev–Trinajstić information content (AvgIpc) is 2.36. The molecule has 0 spiro atoms. The molecule has 0 saturated heterocycles. The molecular weight excluding hydrogens is 297 g/mol. The minimum absolute atomic E-state index is 0.181. The molecule has 2 rings (SSSR count). The maximum absolute atomic E-state index is 11.9. The molecule has 0 aliphatic rings. The Bertz CT molecular complexity index is 711. The fourth-order valence-corrected chi connectivity index (χ4v) is 2.60. The molecule has 0 fully saturated rings. The zero-order valence-electron chi connectivity index (χ0n) is 9.89. The lowest BCUT2D eigenvalue weighted by atomic mass is 10.2. The van der Waals surface area contributed by atoms with Crippen molar-refractivity contribution in [1.29, 1.82) is 0 Å². The first-order chi connectivity index (χ1) is 9.30. The number of aromatic nitrogens is 1. The lowest BCUT2D eigenvalue weighted by molar-refractivity contribution is -0.181. The van der Waals surface area contributed by atoms with Gasteiger partial charge in [-0.05, 0) is 12.1 Å². The number of hydrogen-bond acceptors (Lipinski definition) is 4. The largest absolute Gasteiger partial charge is 0.413 e. The highest BCUT2D eigenvalue weighted by molar-refractivity contribution is 7.89. The van der Waals surface area contributed by atoms with Crippen molar-refractivity contribution in [2.45, 2.75) is 11.1 Å². The van der Waals surface area contributed by atoms with Crippen molar-refractivity contribution in [3.63, 3.8) is 0 Å². The van der Waals surface area contributed by atoms with Crippen LogP contribution >= 0.6 is 0 Å². The Kier molecular flexibility index (Phi) is 3.93. The van der Waals surface area contributed by atoms with Gasteiger partial charge in [0.1, 0.15) is 0 Å². The molecule has 2 aromatic rings. The topological polar surface area (TPSA) is 68.3 Å². The van der Waals surface area contributed by atoms with E-state index in [4.69, 9.17) is 0 Å². The second-order valence-corrected chi connectivity index (χ2v) is 5.46. The third-order valence-electron chi connectivity index (χ3n) is 2.33. The molecule has 0 aliphatic heterocycles. The van der Waals surface area contributed by atoms with Crippen molar-refractivity contribution in [2.75, 3.05) is 6.61 Å². The quantitative estimate of drug-likeness (QED) is 0.877. The van der Waals surface area contributed by atoms with Gasteiger partial charge in [-0.2, -0.15) is 13.2 Å². The number of benzene rings is 1. The average molecular weight is 306 g/mol. The third-order valence-corrected chi connectivity index (χ3v) is 3.61. The van der Waals surface area contributed by atoms with Crippen molar-refractivity contribution in [2.24, 2.45) is 0 Å². The Balaban J connectivity index is 2.28. The summed E-state index contributed by atoms with van der Waals surface area (Å²) in [6.45, 7) is -1.71. The van der Waals surface area contributed by atoms with E-state index in [2.05, 4.69) is 9.82 Å². The van der Waals surface area contributed by atoms with E-state index >= 15 is 0 Å². The molecule has 0 atom stereocenters. The molecule has 108 valence electrons. The number of rotatable bonds is 4. The first-order valence-corrected chi connectivity index (χ1v) is 6.81. The Labute approximate surface area is 112 Å². The van der Waals surface area contributed by atoms with Crippen LogP contribution in [0.3, 0.4) is 0 Å². The first-order valence-electron chi connectivity index (χ1n) is 5.33. The zero-order chi connectivity index (χ0) is 14.8. The predicted molar refractivity (Wildman–Crippen MR) is 64.1 cm³/mol. The van der Waals surface area contributed by atoms with Gasteiger partial charge in [0.25, 0.3) is 10.0 Å². The highest BCUT2D eigenvalue weighted by Crippen LogP contribution is 2.22. The van der Waals surface area contributed by atoms with Crippen LogP contribution in [0.15, 0.2) is 41.6 Å². The maximum Gasteiger partial charge on any atom is 0.413 e. The van der Waals surface area contributed by atoms with Gasteiger partial charge in [0.15, 0.2) is 6.61 Å². The standard InChI is InChI=1S/C11H9F3N2O3S/c12-11(13,14)7-19-16-20(17,18)10-3-1-2-8-6-15-5-4-9(8)10/h1-6,16H,7H2. The molecule has 9 heteroatoms. The summed E-state index contributed by atoms with van der Waals surface area (Å²) in [6, 6.07) is 5.82. The molecule has 0 saturated carbocycles. The van der Waals surface area contributed by atoms with Gasteiger partial charge in [-0.25, -0.2) is 8.42 Å². The van der Waals surface area contributed by atoms with Crippen LogP contribution < -0.4 is 4.89 Å². The molecule has 5 nitrogen and oxygen atoms in total. The summed E-state index contributed by atoms with van der Waals surface area (Å²) < 4.78 is 59.6. The number of fused-ring (bicyclic) bond motifs is 1. The predicted octanol–water partition coefficient (Wildman–Crippen LogP) is 2.01. The number of hydrogen-bond donors (Lipinski definition) is 1. The van der Waals surface area contributed by atoms with Gasteiger partial charge in [-0.3, -0.25) is 9.82 Å². The van der Waals surface area contributed by atoms with Gasteiger partial charge in [0, 0.05) is 23.2 Å². The monoisotopic (exact) mass is 306 g/mol. The van der Waals surface area contributed by atoms with E-state index in [1.165, 1.54) is 35.5 Å². The van der Waals surface area contributed by atoms with Crippen LogP contribution in [0.5, 0.6) is 0 Å². The van der Waals surface area contributed by atoms with E-state index in [1.807, 2.05) is 0 Å². The molecule has 1 N–H and O–H groups in total. The molecule has 0 aliphatic carbocycles. The molecule has 0 unspecified atom stereocenters. The number of nitrogens with zero attached hydrogens (tertiary/aromatic N) is 1. The Morgan fingerprint density at radius 2 is 2.00 bits per heavy atom. The van der Waals surface area contributed by atoms with Gasteiger partial charge in [0.2, 0.25) is 0 Å². The smallest absolute Gasteiger partial charge is 0.277 e.